The van der Waals surface area contributed by atoms with Crippen molar-refractivity contribution in [2.24, 2.45) is 0 Å². The van der Waals surface area contributed by atoms with Gasteiger partial charge in [0.1, 0.15) is 5.76 Å². The molecule has 0 atom stereocenters. The summed E-state index contributed by atoms with van der Waals surface area (Å²) >= 11 is 5.89. The molecule has 118 valence electrons. The summed E-state index contributed by atoms with van der Waals surface area (Å²) in [5, 5.41) is 0.428. The molecular formula is C15H17ClN2O3S. The van der Waals surface area contributed by atoms with Crippen LogP contribution in [0.15, 0.2) is 52.0 Å². The van der Waals surface area contributed by atoms with Gasteiger partial charge in [-0.05, 0) is 30.3 Å². The van der Waals surface area contributed by atoms with E-state index in [0.717, 1.165) is 5.76 Å². The molecule has 2 heterocycles. The first kappa shape index (κ1) is 15.6. The van der Waals surface area contributed by atoms with Crippen LogP contribution in [0.1, 0.15) is 5.76 Å². The van der Waals surface area contributed by atoms with Crippen LogP contribution in [0.3, 0.4) is 0 Å². The van der Waals surface area contributed by atoms with E-state index < -0.39 is 10.0 Å². The highest BCUT2D eigenvalue weighted by Crippen LogP contribution is 2.21. The maximum absolute atomic E-state index is 12.6. The van der Waals surface area contributed by atoms with Gasteiger partial charge in [-0.2, -0.15) is 4.31 Å². The summed E-state index contributed by atoms with van der Waals surface area (Å²) < 4.78 is 32.0. The Morgan fingerprint density at radius 3 is 2.50 bits per heavy atom. The van der Waals surface area contributed by atoms with Crippen LogP contribution in [0.4, 0.5) is 0 Å². The normalized spacial score (nSPS) is 17.7. The maximum Gasteiger partial charge on any atom is 0.243 e. The molecule has 5 nitrogen and oxygen atoms in total. The van der Waals surface area contributed by atoms with Crippen LogP contribution in [0.2, 0.25) is 5.02 Å². The smallest absolute Gasteiger partial charge is 0.243 e. The van der Waals surface area contributed by atoms with Crippen molar-refractivity contribution < 1.29 is 12.8 Å². The Morgan fingerprint density at radius 1 is 1.09 bits per heavy atom. The second kappa shape index (κ2) is 6.42. The van der Waals surface area contributed by atoms with E-state index in [1.54, 1.807) is 24.5 Å². The predicted octanol–water partition coefficient (Wildman–Crippen LogP) is 2.44. The Kier molecular flexibility index (Phi) is 4.54. The number of benzene rings is 1. The highest BCUT2D eigenvalue weighted by Gasteiger charge is 2.28. The number of piperazine rings is 1. The highest BCUT2D eigenvalue weighted by molar-refractivity contribution is 7.89. The van der Waals surface area contributed by atoms with E-state index >= 15 is 0 Å². The van der Waals surface area contributed by atoms with Crippen LogP contribution in [-0.2, 0) is 16.6 Å². The summed E-state index contributed by atoms with van der Waals surface area (Å²) in [6.45, 7) is 3.00. The fourth-order valence-corrected chi connectivity index (χ4v) is 4.25. The second-order valence-electron chi connectivity index (χ2n) is 5.22. The zero-order chi connectivity index (χ0) is 15.6. The lowest BCUT2D eigenvalue weighted by Crippen LogP contribution is -2.48. The summed E-state index contributed by atoms with van der Waals surface area (Å²) in [5.41, 5.74) is 0. The number of nitrogens with zero attached hydrogens (tertiary/aromatic N) is 2. The molecule has 0 unspecified atom stereocenters. The van der Waals surface area contributed by atoms with E-state index in [9.17, 15) is 8.42 Å². The number of hydrogen-bond donors (Lipinski definition) is 0. The van der Waals surface area contributed by atoms with Gasteiger partial charge in [-0.15, -0.1) is 0 Å². The minimum atomic E-state index is -3.47. The molecule has 0 bridgehead atoms. The third-order valence-corrected chi connectivity index (χ3v) is 5.85. The Labute approximate surface area is 135 Å². The molecule has 3 rings (SSSR count). The molecule has 1 aromatic heterocycles. The minimum absolute atomic E-state index is 0.250. The van der Waals surface area contributed by atoms with Gasteiger partial charge >= 0.3 is 0 Å². The van der Waals surface area contributed by atoms with Crippen LogP contribution >= 0.6 is 11.6 Å². The van der Waals surface area contributed by atoms with E-state index in [1.165, 1.54) is 10.4 Å². The molecule has 1 saturated heterocycles. The zero-order valence-electron chi connectivity index (χ0n) is 12.0. The lowest BCUT2D eigenvalue weighted by Gasteiger charge is -2.33. The molecule has 0 amide bonds. The summed E-state index contributed by atoms with van der Waals surface area (Å²) in [7, 11) is -3.47. The molecule has 0 aliphatic carbocycles. The van der Waals surface area contributed by atoms with Crippen molar-refractivity contribution in [3.05, 3.63) is 53.4 Å². The van der Waals surface area contributed by atoms with E-state index in [0.29, 0.717) is 37.7 Å². The van der Waals surface area contributed by atoms with Gasteiger partial charge in [0.05, 0.1) is 17.7 Å². The number of furan rings is 1. The molecule has 2 aromatic rings. The van der Waals surface area contributed by atoms with Gasteiger partial charge < -0.3 is 4.42 Å². The first-order chi connectivity index (χ1) is 10.6. The molecular weight excluding hydrogens is 324 g/mol. The SMILES string of the molecule is O=S(=O)(c1cccc(Cl)c1)N1CCN(Cc2ccco2)CC1. The van der Waals surface area contributed by atoms with E-state index in [-0.39, 0.29) is 4.90 Å². The lowest BCUT2D eigenvalue weighted by molar-refractivity contribution is 0.171. The molecule has 0 spiro atoms. The van der Waals surface area contributed by atoms with Crippen molar-refractivity contribution in [1.29, 1.82) is 0 Å². The number of halogens is 1. The van der Waals surface area contributed by atoms with Gasteiger partial charge in [-0.1, -0.05) is 17.7 Å². The highest BCUT2D eigenvalue weighted by atomic mass is 35.5. The van der Waals surface area contributed by atoms with Gasteiger partial charge in [0.25, 0.3) is 0 Å². The third-order valence-electron chi connectivity index (χ3n) is 3.72. The fraction of sp³-hybridized carbons (Fsp3) is 0.333. The Hall–Kier alpha value is -1.34. The van der Waals surface area contributed by atoms with Crippen molar-refractivity contribution in [3.8, 4) is 0 Å². The molecule has 1 aliphatic heterocycles. The van der Waals surface area contributed by atoms with Crippen molar-refractivity contribution >= 4 is 21.6 Å². The predicted molar refractivity (Wildman–Crippen MR) is 84.2 cm³/mol. The van der Waals surface area contributed by atoms with Crippen LogP contribution in [-0.4, -0.2) is 43.8 Å². The summed E-state index contributed by atoms with van der Waals surface area (Å²) in [5.74, 6) is 0.895. The van der Waals surface area contributed by atoms with Crippen molar-refractivity contribution in [2.75, 3.05) is 26.2 Å². The summed E-state index contributed by atoms with van der Waals surface area (Å²) in [6, 6.07) is 10.2. The van der Waals surface area contributed by atoms with Crippen molar-refractivity contribution in [1.82, 2.24) is 9.21 Å². The average Bonchev–Trinajstić information content (AvgIpc) is 3.01. The molecule has 0 N–H and O–H groups in total. The van der Waals surface area contributed by atoms with Gasteiger partial charge in [0.2, 0.25) is 10.0 Å². The Bertz CT molecular complexity index is 723. The first-order valence-corrected chi connectivity index (χ1v) is 8.88. The Morgan fingerprint density at radius 2 is 1.86 bits per heavy atom. The Balaban J connectivity index is 1.65. The maximum atomic E-state index is 12.6. The largest absolute Gasteiger partial charge is 0.468 e. The fourth-order valence-electron chi connectivity index (χ4n) is 2.53. The second-order valence-corrected chi connectivity index (χ2v) is 7.59. The quantitative estimate of drug-likeness (QED) is 0.857. The molecule has 0 saturated carbocycles. The van der Waals surface area contributed by atoms with Gasteiger partial charge in [-0.25, -0.2) is 8.42 Å². The molecule has 22 heavy (non-hydrogen) atoms. The molecule has 0 radical (unpaired) electrons. The number of rotatable bonds is 4. The van der Waals surface area contributed by atoms with Crippen molar-refractivity contribution in [3.63, 3.8) is 0 Å². The van der Waals surface area contributed by atoms with Crippen LogP contribution in [0, 0.1) is 0 Å². The zero-order valence-corrected chi connectivity index (χ0v) is 13.6. The lowest BCUT2D eigenvalue weighted by atomic mass is 10.3. The van der Waals surface area contributed by atoms with Gasteiger partial charge in [0.15, 0.2) is 0 Å². The van der Waals surface area contributed by atoms with Crippen LogP contribution < -0.4 is 0 Å². The first-order valence-electron chi connectivity index (χ1n) is 7.06. The topological polar surface area (TPSA) is 53.8 Å². The van der Waals surface area contributed by atoms with Crippen molar-refractivity contribution in [2.45, 2.75) is 11.4 Å². The summed E-state index contributed by atoms with van der Waals surface area (Å²) in [6.07, 6.45) is 1.65. The number of hydrogen-bond acceptors (Lipinski definition) is 4. The molecule has 1 fully saturated rings. The third kappa shape index (κ3) is 3.35. The average molecular weight is 341 g/mol. The number of sulfonamides is 1. The van der Waals surface area contributed by atoms with Gasteiger partial charge in [-0.3, -0.25) is 4.90 Å². The van der Waals surface area contributed by atoms with Gasteiger partial charge in [0, 0.05) is 31.2 Å². The van der Waals surface area contributed by atoms with Crippen LogP contribution in [0.5, 0.6) is 0 Å². The van der Waals surface area contributed by atoms with E-state index in [2.05, 4.69) is 4.90 Å². The van der Waals surface area contributed by atoms with E-state index in [1.807, 2.05) is 12.1 Å². The van der Waals surface area contributed by atoms with E-state index in [4.69, 9.17) is 16.0 Å². The monoisotopic (exact) mass is 340 g/mol. The molecule has 7 heteroatoms. The summed E-state index contributed by atoms with van der Waals surface area (Å²) in [4.78, 5) is 2.43. The minimum Gasteiger partial charge on any atom is -0.468 e. The molecule has 1 aliphatic rings. The van der Waals surface area contributed by atoms with Crippen LogP contribution in [0.25, 0.3) is 0 Å². The molecule has 1 aromatic carbocycles. The standard InChI is InChI=1S/C15H17ClN2O3S/c16-13-3-1-5-15(11-13)22(19,20)18-8-6-17(7-9-18)12-14-4-2-10-21-14/h1-5,10-11H,6-9,12H2.